The predicted molar refractivity (Wildman–Crippen MR) is 81.2 cm³/mol. The number of rotatable bonds is 3. The van der Waals surface area contributed by atoms with Gasteiger partial charge in [0, 0.05) is 26.2 Å². The Kier molecular flexibility index (Phi) is 5.12. The van der Waals surface area contributed by atoms with Crippen molar-refractivity contribution >= 4 is 12.0 Å². The zero-order chi connectivity index (χ0) is 15.5. The molecule has 0 aliphatic carbocycles. The highest BCUT2D eigenvalue weighted by molar-refractivity contribution is 5.79. The van der Waals surface area contributed by atoms with Crippen LogP contribution in [0.2, 0.25) is 0 Å². The van der Waals surface area contributed by atoms with E-state index in [-0.39, 0.29) is 6.03 Å². The molecule has 2 aliphatic heterocycles. The van der Waals surface area contributed by atoms with E-state index in [1.54, 1.807) is 4.90 Å². The lowest BCUT2D eigenvalue weighted by atomic mass is 9.78. The summed E-state index contributed by atoms with van der Waals surface area (Å²) in [6.45, 7) is 6.80. The molecule has 0 bridgehead atoms. The highest BCUT2D eigenvalue weighted by Gasteiger charge is 2.43. The molecule has 21 heavy (non-hydrogen) atoms. The van der Waals surface area contributed by atoms with Crippen molar-refractivity contribution in [3.63, 3.8) is 0 Å². The van der Waals surface area contributed by atoms with Gasteiger partial charge in [0.25, 0.3) is 0 Å². The maximum Gasteiger partial charge on any atom is 0.320 e. The number of amides is 2. The zero-order valence-electron chi connectivity index (χ0n) is 13.3. The van der Waals surface area contributed by atoms with Crippen LogP contribution in [0.3, 0.4) is 0 Å². The van der Waals surface area contributed by atoms with Crippen LogP contribution in [0.5, 0.6) is 0 Å². The van der Waals surface area contributed by atoms with Gasteiger partial charge in [0.15, 0.2) is 0 Å². The maximum absolute atomic E-state index is 12.7. The number of carbonyl (C=O) groups excluding carboxylic acids is 1. The first-order valence-electron chi connectivity index (χ1n) is 8.29. The molecule has 2 fully saturated rings. The van der Waals surface area contributed by atoms with Crippen molar-refractivity contribution in [2.45, 2.75) is 52.4 Å². The van der Waals surface area contributed by atoms with Crippen molar-refractivity contribution in [2.75, 3.05) is 26.2 Å². The van der Waals surface area contributed by atoms with Crippen LogP contribution in [0.25, 0.3) is 0 Å². The van der Waals surface area contributed by atoms with Gasteiger partial charge in [0.2, 0.25) is 0 Å². The van der Waals surface area contributed by atoms with E-state index in [1.807, 2.05) is 11.8 Å². The average molecular weight is 296 g/mol. The summed E-state index contributed by atoms with van der Waals surface area (Å²) in [5, 5.41) is 9.53. The topological polar surface area (TPSA) is 60.9 Å². The fourth-order valence-corrected chi connectivity index (χ4v) is 3.68. The molecule has 2 atom stereocenters. The van der Waals surface area contributed by atoms with E-state index in [0.29, 0.717) is 31.8 Å². The Morgan fingerprint density at radius 3 is 2.52 bits per heavy atom. The molecule has 0 radical (unpaired) electrons. The van der Waals surface area contributed by atoms with Crippen LogP contribution in [0.1, 0.15) is 52.4 Å². The van der Waals surface area contributed by atoms with Crippen LogP contribution in [-0.4, -0.2) is 53.1 Å². The summed E-state index contributed by atoms with van der Waals surface area (Å²) >= 11 is 0. The second-order valence-electron chi connectivity index (χ2n) is 6.61. The van der Waals surface area contributed by atoms with Gasteiger partial charge in [0.05, 0.1) is 5.41 Å². The standard InChI is InChI=1S/C16H28N2O3/c1-3-13-7-5-9-17(11-13)15(21)18-10-6-8-16(4-2,12-18)14(19)20/h13H,3-12H2,1-2H3,(H,19,20). The molecule has 2 aliphatic rings. The Balaban J connectivity index is 2.03. The quantitative estimate of drug-likeness (QED) is 0.871. The normalized spacial score (nSPS) is 30.3. The highest BCUT2D eigenvalue weighted by atomic mass is 16.4. The third-order valence-electron chi connectivity index (χ3n) is 5.34. The molecule has 5 nitrogen and oxygen atoms in total. The van der Waals surface area contributed by atoms with Crippen molar-refractivity contribution in [3.05, 3.63) is 0 Å². The van der Waals surface area contributed by atoms with E-state index in [1.165, 1.54) is 6.42 Å². The number of carboxylic acid groups (broad SMARTS) is 1. The monoisotopic (exact) mass is 296 g/mol. The SMILES string of the molecule is CCC1CCCN(C(=O)N2CCCC(CC)(C(=O)O)C2)C1. The summed E-state index contributed by atoms with van der Waals surface area (Å²) in [5.41, 5.74) is -0.742. The first-order chi connectivity index (χ1) is 10.0. The van der Waals surface area contributed by atoms with Crippen LogP contribution in [-0.2, 0) is 4.79 Å². The number of urea groups is 1. The first kappa shape index (κ1) is 16.1. The van der Waals surface area contributed by atoms with Crippen LogP contribution < -0.4 is 0 Å². The summed E-state index contributed by atoms with van der Waals surface area (Å²) < 4.78 is 0. The third-order valence-corrected chi connectivity index (χ3v) is 5.34. The minimum atomic E-state index is -0.757. The third kappa shape index (κ3) is 3.33. The molecular formula is C16H28N2O3. The number of nitrogens with zero attached hydrogens (tertiary/aromatic N) is 2. The predicted octanol–water partition coefficient (Wildman–Crippen LogP) is 2.81. The van der Waals surface area contributed by atoms with Crippen molar-refractivity contribution in [1.82, 2.24) is 9.80 Å². The van der Waals surface area contributed by atoms with Gasteiger partial charge in [0.1, 0.15) is 0 Å². The molecule has 0 spiro atoms. The summed E-state index contributed by atoms with van der Waals surface area (Å²) in [6, 6.07) is 0.0481. The zero-order valence-corrected chi connectivity index (χ0v) is 13.3. The van der Waals surface area contributed by atoms with Gasteiger partial charge in [-0.05, 0) is 38.0 Å². The second kappa shape index (κ2) is 6.67. The molecule has 2 unspecified atom stereocenters. The van der Waals surface area contributed by atoms with Gasteiger partial charge in [-0.15, -0.1) is 0 Å². The number of aliphatic carboxylic acids is 1. The summed E-state index contributed by atoms with van der Waals surface area (Å²) in [6.07, 6.45) is 5.43. The molecule has 2 heterocycles. The summed E-state index contributed by atoms with van der Waals surface area (Å²) in [4.78, 5) is 28.0. The molecular weight excluding hydrogens is 268 g/mol. The summed E-state index contributed by atoms with van der Waals surface area (Å²) in [7, 11) is 0. The fraction of sp³-hybridized carbons (Fsp3) is 0.875. The van der Waals surface area contributed by atoms with E-state index in [2.05, 4.69) is 6.92 Å². The number of hydrogen-bond donors (Lipinski definition) is 1. The lowest BCUT2D eigenvalue weighted by Crippen LogP contribution is -2.54. The molecule has 0 aromatic carbocycles. The molecule has 0 aromatic heterocycles. The minimum Gasteiger partial charge on any atom is -0.481 e. The largest absolute Gasteiger partial charge is 0.481 e. The second-order valence-corrected chi connectivity index (χ2v) is 6.61. The Hall–Kier alpha value is -1.26. The van der Waals surface area contributed by atoms with E-state index in [4.69, 9.17) is 0 Å². The van der Waals surface area contributed by atoms with Crippen LogP contribution in [0.4, 0.5) is 4.79 Å². The van der Waals surface area contributed by atoms with Gasteiger partial charge in [-0.3, -0.25) is 4.79 Å². The van der Waals surface area contributed by atoms with Crippen molar-refractivity contribution in [2.24, 2.45) is 11.3 Å². The Morgan fingerprint density at radius 1 is 1.19 bits per heavy atom. The van der Waals surface area contributed by atoms with Gasteiger partial charge in [-0.2, -0.15) is 0 Å². The first-order valence-corrected chi connectivity index (χ1v) is 8.29. The van der Waals surface area contributed by atoms with Crippen molar-refractivity contribution in [3.8, 4) is 0 Å². The smallest absolute Gasteiger partial charge is 0.320 e. The van der Waals surface area contributed by atoms with Gasteiger partial charge in [-0.25, -0.2) is 4.79 Å². The Morgan fingerprint density at radius 2 is 1.90 bits per heavy atom. The summed E-state index contributed by atoms with van der Waals surface area (Å²) in [5.74, 6) is -0.157. The number of carboxylic acids is 1. The van der Waals surface area contributed by atoms with E-state index in [9.17, 15) is 14.7 Å². The van der Waals surface area contributed by atoms with Crippen LogP contribution in [0, 0.1) is 11.3 Å². The lowest BCUT2D eigenvalue weighted by molar-refractivity contribution is -0.152. The molecule has 120 valence electrons. The number of piperidine rings is 2. The van der Waals surface area contributed by atoms with Crippen LogP contribution in [0.15, 0.2) is 0 Å². The van der Waals surface area contributed by atoms with E-state index >= 15 is 0 Å². The number of carbonyl (C=O) groups is 2. The molecule has 0 saturated carbocycles. The number of likely N-dealkylation sites (tertiary alicyclic amines) is 2. The molecule has 2 rings (SSSR count). The van der Waals surface area contributed by atoms with E-state index < -0.39 is 11.4 Å². The lowest BCUT2D eigenvalue weighted by Gasteiger charge is -2.42. The average Bonchev–Trinajstić information content (AvgIpc) is 2.54. The molecule has 1 N–H and O–H groups in total. The minimum absolute atomic E-state index is 0.0481. The molecule has 2 saturated heterocycles. The van der Waals surface area contributed by atoms with Crippen molar-refractivity contribution in [1.29, 1.82) is 0 Å². The fourth-order valence-electron chi connectivity index (χ4n) is 3.68. The van der Waals surface area contributed by atoms with E-state index in [0.717, 1.165) is 32.4 Å². The van der Waals surface area contributed by atoms with Gasteiger partial charge < -0.3 is 14.9 Å². The Labute approximate surface area is 127 Å². The van der Waals surface area contributed by atoms with Gasteiger partial charge >= 0.3 is 12.0 Å². The molecule has 5 heteroatoms. The van der Waals surface area contributed by atoms with Gasteiger partial charge in [-0.1, -0.05) is 20.3 Å². The highest BCUT2D eigenvalue weighted by Crippen LogP contribution is 2.34. The Bertz CT molecular complexity index is 399. The molecule has 0 aromatic rings. The number of hydrogen-bond acceptors (Lipinski definition) is 2. The maximum atomic E-state index is 12.7. The molecule has 2 amide bonds. The van der Waals surface area contributed by atoms with Crippen molar-refractivity contribution < 1.29 is 14.7 Å². The van der Waals surface area contributed by atoms with Crippen LogP contribution >= 0.6 is 0 Å².